The number of hydrogen-bond acceptors (Lipinski definition) is 4. The van der Waals surface area contributed by atoms with Crippen molar-refractivity contribution in [1.29, 1.82) is 0 Å². The number of hydrogen-bond donors (Lipinski definition) is 2. The number of rotatable bonds is 5. The molecule has 0 radical (unpaired) electrons. The van der Waals surface area contributed by atoms with Crippen LogP contribution in [-0.4, -0.2) is 26.5 Å². The number of fused-ring (bicyclic) bond motifs is 1. The number of nitrogens with zero attached hydrogens (tertiary/aromatic N) is 3. The second kappa shape index (κ2) is 8.06. The molecule has 6 nitrogen and oxygen atoms in total. The summed E-state index contributed by atoms with van der Waals surface area (Å²) in [4.78, 5) is 12.3. The molecule has 2 N–H and O–H groups in total. The van der Waals surface area contributed by atoms with Gasteiger partial charge in [-0.3, -0.25) is 14.5 Å². The van der Waals surface area contributed by atoms with E-state index in [2.05, 4.69) is 36.8 Å². The summed E-state index contributed by atoms with van der Waals surface area (Å²) in [5.74, 6) is -0.101. The molecule has 0 unspecified atom stereocenters. The second-order valence-corrected chi connectivity index (χ2v) is 7.31. The summed E-state index contributed by atoms with van der Waals surface area (Å²) in [5.41, 5.74) is -0.179. The molecule has 28 heavy (non-hydrogen) atoms. The molecular weight excluding hydrogens is 463 g/mol. The van der Waals surface area contributed by atoms with Crippen LogP contribution in [0.15, 0.2) is 41.0 Å². The Kier molecular flexibility index (Phi) is 5.92. The van der Waals surface area contributed by atoms with Gasteiger partial charge >= 0.3 is 6.18 Å². The monoisotopic (exact) mass is 475 g/mol. The zero-order valence-electron chi connectivity index (χ0n) is 14.4. The van der Waals surface area contributed by atoms with Crippen molar-refractivity contribution >= 4 is 44.8 Å². The molecule has 0 saturated carbocycles. The maximum absolute atomic E-state index is 13.0. The molecule has 148 valence electrons. The van der Waals surface area contributed by atoms with E-state index in [1.54, 1.807) is 31.2 Å². The van der Waals surface area contributed by atoms with E-state index in [9.17, 15) is 18.0 Å². The average molecular weight is 477 g/mol. The molecule has 2 aromatic heterocycles. The fourth-order valence-electron chi connectivity index (χ4n) is 2.40. The van der Waals surface area contributed by atoms with E-state index in [0.29, 0.717) is 5.69 Å². The smallest absolute Gasteiger partial charge is 0.325 e. The maximum Gasteiger partial charge on any atom is 0.417 e. The molecule has 0 spiro atoms. The highest BCUT2D eigenvalue weighted by molar-refractivity contribution is 9.10. The standard InChI is InChI=1S/C17H14BrClF3N5O/c1-9(16(28)24-12-4-2-11(18)3-5-12)23-7-14-25-26-15-13(19)6-10(8-27(14)15)17(20,21)22/h2-6,8-9,23H,7H2,1H3,(H,24,28)/t9-/m0/s1. The van der Waals surface area contributed by atoms with Crippen molar-refractivity contribution in [3.05, 3.63) is 57.4 Å². The Bertz CT molecular complexity index is 1010. The van der Waals surface area contributed by atoms with Crippen LogP contribution in [0.25, 0.3) is 5.65 Å². The van der Waals surface area contributed by atoms with Gasteiger partial charge in [-0.05, 0) is 37.3 Å². The molecule has 0 aliphatic heterocycles. The maximum atomic E-state index is 13.0. The number of carbonyl (C=O) groups excluding carboxylic acids is 1. The zero-order chi connectivity index (χ0) is 20.5. The second-order valence-electron chi connectivity index (χ2n) is 5.98. The summed E-state index contributed by atoms with van der Waals surface area (Å²) in [6, 6.07) is 7.23. The third-order valence-electron chi connectivity index (χ3n) is 3.93. The van der Waals surface area contributed by atoms with Crippen molar-refractivity contribution < 1.29 is 18.0 Å². The molecule has 1 aromatic carbocycles. The largest absolute Gasteiger partial charge is 0.417 e. The van der Waals surface area contributed by atoms with E-state index < -0.39 is 17.8 Å². The topological polar surface area (TPSA) is 71.3 Å². The van der Waals surface area contributed by atoms with Gasteiger partial charge in [-0.15, -0.1) is 10.2 Å². The SMILES string of the molecule is C[C@H](NCc1nnc2c(Cl)cc(C(F)(F)F)cn12)C(=O)Nc1ccc(Br)cc1. The van der Waals surface area contributed by atoms with Gasteiger partial charge in [0.2, 0.25) is 5.91 Å². The van der Waals surface area contributed by atoms with Gasteiger partial charge in [0.25, 0.3) is 0 Å². The minimum Gasteiger partial charge on any atom is -0.325 e. The summed E-state index contributed by atoms with van der Waals surface area (Å²) < 4.78 is 41.0. The lowest BCUT2D eigenvalue weighted by Gasteiger charge is -2.14. The number of benzene rings is 1. The van der Waals surface area contributed by atoms with Gasteiger partial charge in [0.1, 0.15) is 0 Å². The van der Waals surface area contributed by atoms with Crippen LogP contribution in [-0.2, 0) is 17.5 Å². The van der Waals surface area contributed by atoms with Crippen LogP contribution in [0.2, 0.25) is 5.02 Å². The molecule has 0 bridgehead atoms. The Morgan fingerprint density at radius 1 is 1.29 bits per heavy atom. The molecule has 0 aliphatic rings. The Balaban J connectivity index is 1.71. The molecule has 3 aromatic rings. The fraction of sp³-hybridized carbons (Fsp3) is 0.235. The van der Waals surface area contributed by atoms with Crippen LogP contribution in [0.5, 0.6) is 0 Å². The molecular formula is C17H14BrClF3N5O. The first-order chi connectivity index (χ1) is 13.1. The summed E-state index contributed by atoms with van der Waals surface area (Å²) in [5, 5.41) is 13.2. The van der Waals surface area contributed by atoms with E-state index in [1.165, 1.54) is 0 Å². The van der Waals surface area contributed by atoms with Gasteiger partial charge in [-0.2, -0.15) is 13.2 Å². The zero-order valence-corrected chi connectivity index (χ0v) is 16.7. The fourth-order valence-corrected chi connectivity index (χ4v) is 2.91. The van der Waals surface area contributed by atoms with Gasteiger partial charge in [-0.25, -0.2) is 0 Å². The highest BCUT2D eigenvalue weighted by atomic mass is 79.9. The lowest BCUT2D eigenvalue weighted by molar-refractivity contribution is -0.137. The molecule has 1 atom stereocenters. The summed E-state index contributed by atoms with van der Waals surface area (Å²) in [6.07, 6.45) is -3.67. The number of halogens is 5. The third kappa shape index (κ3) is 4.62. The molecule has 11 heteroatoms. The number of aromatic nitrogens is 3. The van der Waals surface area contributed by atoms with Gasteiger partial charge in [0, 0.05) is 16.4 Å². The number of nitrogens with one attached hydrogen (secondary N) is 2. The molecule has 0 saturated heterocycles. The predicted molar refractivity (Wildman–Crippen MR) is 102 cm³/mol. The van der Waals surface area contributed by atoms with Crippen molar-refractivity contribution in [3.63, 3.8) is 0 Å². The minimum absolute atomic E-state index is 0.0216. The molecule has 3 rings (SSSR count). The number of carbonyl (C=O) groups is 1. The summed E-state index contributed by atoms with van der Waals surface area (Å²) >= 11 is 9.19. The predicted octanol–water partition coefficient (Wildman–Crippen LogP) is 4.28. The average Bonchev–Trinajstić information content (AvgIpc) is 3.04. The van der Waals surface area contributed by atoms with Gasteiger partial charge in [0.15, 0.2) is 11.5 Å². The van der Waals surface area contributed by atoms with E-state index in [4.69, 9.17) is 11.6 Å². The van der Waals surface area contributed by atoms with Crippen LogP contribution in [0.3, 0.4) is 0 Å². The van der Waals surface area contributed by atoms with Crippen LogP contribution in [0.4, 0.5) is 18.9 Å². The number of anilines is 1. The third-order valence-corrected chi connectivity index (χ3v) is 4.74. The van der Waals surface area contributed by atoms with E-state index in [-0.39, 0.29) is 28.9 Å². The summed E-state index contributed by atoms with van der Waals surface area (Å²) in [6.45, 7) is 1.65. The quantitative estimate of drug-likeness (QED) is 0.577. The van der Waals surface area contributed by atoms with Gasteiger partial charge in [-0.1, -0.05) is 27.5 Å². The Morgan fingerprint density at radius 2 is 1.96 bits per heavy atom. The van der Waals surface area contributed by atoms with Crippen LogP contribution in [0, 0.1) is 0 Å². The molecule has 0 fully saturated rings. The first-order valence-corrected chi connectivity index (χ1v) is 9.22. The van der Waals surface area contributed by atoms with Gasteiger partial charge < -0.3 is 5.32 Å². The van der Waals surface area contributed by atoms with E-state index >= 15 is 0 Å². The van der Waals surface area contributed by atoms with Crippen LogP contribution < -0.4 is 10.6 Å². The first-order valence-electron chi connectivity index (χ1n) is 8.05. The van der Waals surface area contributed by atoms with E-state index in [0.717, 1.165) is 21.1 Å². The Hall–Kier alpha value is -2.17. The Labute approximate surface area is 171 Å². The van der Waals surface area contributed by atoms with Crippen LogP contribution in [0.1, 0.15) is 18.3 Å². The number of alkyl halides is 3. The molecule has 1 amide bonds. The van der Waals surface area contributed by atoms with Crippen molar-refractivity contribution in [3.8, 4) is 0 Å². The minimum atomic E-state index is -4.55. The van der Waals surface area contributed by atoms with Crippen molar-refractivity contribution in [2.45, 2.75) is 25.7 Å². The lowest BCUT2D eigenvalue weighted by atomic mass is 10.2. The number of amides is 1. The van der Waals surface area contributed by atoms with Crippen molar-refractivity contribution in [2.75, 3.05) is 5.32 Å². The van der Waals surface area contributed by atoms with Crippen LogP contribution >= 0.6 is 27.5 Å². The highest BCUT2D eigenvalue weighted by Crippen LogP contribution is 2.32. The highest BCUT2D eigenvalue weighted by Gasteiger charge is 2.32. The molecule has 0 aliphatic carbocycles. The lowest BCUT2D eigenvalue weighted by Crippen LogP contribution is -2.38. The van der Waals surface area contributed by atoms with E-state index in [1.807, 2.05) is 0 Å². The number of pyridine rings is 1. The first kappa shape index (κ1) is 20.6. The van der Waals surface area contributed by atoms with Gasteiger partial charge in [0.05, 0.1) is 23.2 Å². The normalized spacial score (nSPS) is 12.9. The van der Waals surface area contributed by atoms with Crippen molar-refractivity contribution in [2.24, 2.45) is 0 Å². The van der Waals surface area contributed by atoms with Crippen molar-refractivity contribution in [1.82, 2.24) is 19.9 Å². The summed E-state index contributed by atoms with van der Waals surface area (Å²) in [7, 11) is 0. The molecule has 2 heterocycles. The Morgan fingerprint density at radius 3 is 2.61 bits per heavy atom.